The molecule has 2 aromatic carbocycles. The van der Waals surface area contributed by atoms with Gasteiger partial charge in [0.15, 0.2) is 0 Å². The fraction of sp³-hybridized carbons (Fsp3) is 0.458. The lowest BCUT2D eigenvalue weighted by molar-refractivity contribution is 0.0678. The van der Waals surface area contributed by atoms with Gasteiger partial charge < -0.3 is 9.64 Å². The molecule has 0 spiro atoms. The number of carbonyl (C=O) groups is 1. The zero-order chi connectivity index (χ0) is 22.6. The molecule has 0 N–H and O–H groups in total. The van der Waals surface area contributed by atoms with Crippen molar-refractivity contribution in [3.63, 3.8) is 0 Å². The minimum absolute atomic E-state index is 0.0464. The Morgan fingerprint density at radius 3 is 2.44 bits per heavy atom. The number of sulfonamides is 1. The number of morpholine rings is 1. The molecule has 0 bridgehead atoms. The number of halogens is 1. The van der Waals surface area contributed by atoms with Crippen LogP contribution in [0.4, 0.5) is 4.39 Å². The van der Waals surface area contributed by atoms with Gasteiger partial charge in [0, 0.05) is 25.7 Å². The number of ether oxygens (including phenoxy) is 1. The molecule has 2 fully saturated rings. The van der Waals surface area contributed by atoms with Crippen molar-refractivity contribution in [1.29, 1.82) is 0 Å². The summed E-state index contributed by atoms with van der Waals surface area (Å²) in [6.07, 6.45) is 4.50. The van der Waals surface area contributed by atoms with E-state index < -0.39 is 21.7 Å². The number of benzene rings is 2. The monoisotopic (exact) mass is 460 g/mol. The summed E-state index contributed by atoms with van der Waals surface area (Å²) in [5, 5.41) is 0. The topological polar surface area (TPSA) is 66.9 Å². The van der Waals surface area contributed by atoms with Crippen LogP contribution >= 0.6 is 0 Å². The molecule has 8 heteroatoms. The van der Waals surface area contributed by atoms with Crippen molar-refractivity contribution >= 4 is 15.9 Å². The average Bonchev–Trinajstić information content (AvgIpc) is 3.35. The predicted octanol–water partition coefficient (Wildman–Crippen LogP) is 3.47. The van der Waals surface area contributed by atoms with Crippen LogP contribution in [0.5, 0.6) is 0 Å². The highest BCUT2D eigenvalue weighted by atomic mass is 32.2. The SMILES string of the molecule is O=C(c1cc(S(=O)(=O)N2CCOCC2)ccc1F)N(CCc1ccccc1)C1CCCC1. The molecule has 4 rings (SSSR count). The van der Waals surface area contributed by atoms with Crippen LogP contribution in [0.2, 0.25) is 0 Å². The zero-order valence-corrected chi connectivity index (χ0v) is 18.9. The fourth-order valence-corrected chi connectivity index (χ4v) is 5.91. The third-order valence-corrected chi connectivity index (χ3v) is 8.18. The smallest absolute Gasteiger partial charge is 0.257 e. The molecular formula is C24H29FN2O4S. The van der Waals surface area contributed by atoms with Crippen molar-refractivity contribution in [2.24, 2.45) is 0 Å². The van der Waals surface area contributed by atoms with Gasteiger partial charge in [-0.1, -0.05) is 43.2 Å². The maximum atomic E-state index is 14.8. The zero-order valence-electron chi connectivity index (χ0n) is 18.1. The van der Waals surface area contributed by atoms with E-state index in [1.807, 2.05) is 30.3 Å². The van der Waals surface area contributed by atoms with E-state index in [-0.39, 0.29) is 29.6 Å². The van der Waals surface area contributed by atoms with Crippen molar-refractivity contribution in [1.82, 2.24) is 9.21 Å². The van der Waals surface area contributed by atoms with Crippen molar-refractivity contribution in [3.8, 4) is 0 Å². The molecule has 2 aromatic rings. The van der Waals surface area contributed by atoms with Crippen molar-refractivity contribution in [3.05, 3.63) is 65.5 Å². The molecule has 1 aliphatic heterocycles. The van der Waals surface area contributed by atoms with Gasteiger partial charge in [-0.25, -0.2) is 12.8 Å². The highest BCUT2D eigenvalue weighted by molar-refractivity contribution is 7.89. The van der Waals surface area contributed by atoms with Crippen LogP contribution < -0.4 is 0 Å². The van der Waals surface area contributed by atoms with E-state index in [2.05, 4.69) is 0 Å². The molecule has 1 aliphatic carbocycles. The first kappa shape index (κ1) is 22.9. The third kappa shape index (κ3) is 5.03. The number of amides is 1. The highest BCUT2D eigenvalue weighted by Gasteiger charge is 2.31. The number of rotatable bonds is 7. The maximum Gasteiger partial charge on any atom is 0.257 e. The number of hydrogen-bond donors (Lipinski definition) is 0. The van der Waals surface area contributed by atoms with Crippen LogP contribution in [0.3, 0.4) is 0 Å². The molecule has 1 saturated heterocycles. The first-order valence-electron chi connectivity index (χ1n) is 11.2. The van der Waals surface area contributed by atoms with Gasteiger partial charge >= 0.3 is 0 Å². The second-order valence-electron chi connectivity index (χ2n) is 8.33. The molecule has 6 nitrogen and oxygen atoms in total. The highest BCUT2D eigenvalue weighted by Crippen LogP contribution is 2.27. The van der Waals surface area contributed by atoms with E-state index >= 15 is 0 Å². The van der Waals surface area contributed by atoms with E-state index in [4.69, 9.17) is 4.74 Å². The Balaban J connectivity index is 1.60. The second kappa shape index (κ2) is 10.1. The third-order valence-electron chi connectivity index (χ3n) is 6.29. The molecule has 32 heavy (non-hydrogen) atoms. The van der Waals surface area contributed by atoms with Crippen LogP contribution in [0.1, 0.15) is 41.6 Å². The number of carbonyl (C=O) groups excluding carboxylic acids is 1. The van der Waals surface area contributed by atoms with Gasteiger partial charge in [0.05, 0.1) is 23.7 Å². The lowest BCUT2D eigenvalue weighted by atomic mass is 10.1. The predicted molar refractivity (Wildman–Crippen MR) is 119 cm³/mol. The molecule has 0 unspecified atom stereocenters. The van der Waals surface area contributed by atoms with Gasteiger partial charge in [0.1, 0.15) is 5.82 Å². The average molecular weight is 461 g/mol. The molecule has 172 valence electrons. The Kier molecular flexibility index (Phi) is 7.23. The van der Waals surface area contributed by atoms with Gasteiger partial charge in [-0.15, -0.1) is 0 Å². The van der Waals surface area contributed by atoms with Gasteiger partial charge in [-0.2, -0.15) is 4.31 Å². The molecule has 0 aromatic heterocycles. The Bertz CT molecular complexity index is 1030. The van der Waals surface area contributed by atoms with Crippen molar-refractivity contribution in [2.45, 2.75) is 43.0 Å². The van der Waals surface area contributed by atoms with Crippen molar-refractivity contribution < 1.29 is 22.3 Å². The fourth-order valence-electron chi connectivity index (χ4n) is 4.48. The first-order chi connectivity index (χ1) is 15.5. The normalized spacial score (nSPS) is 18.0. The summed E-state index contributed by atoms with van der Waals surface area (Å²) in [7, 11) is -3.82. The summed E-state index contributed by atoms with van der Waals surface area (Å²) < 4.78 is 47.4. The van der Waals surface area contributed by atoms with Crippen molar-refractivity contribution in [2.75, 3.05) is 32.8 Å². The van der Waals surface area contributed by atoms with E-state index in [0.717, 1.165) is 37.3 Å². The summed E-state index contributed by atoms with van der Waals surface area (Å²) >= 11 is 0. The Hall–Kier alpha value is -2.29. The van der Waals surface area contributed by atoms with E-state index in [1.54, 1.807) is 4.90 Å². The minimum atomic E-state index is -3.82. The summed E-state index contributed by atoms with van der Waals surface area (Å²) in [4.78, 5) is 15.2. The molecule has 0 atom stereocenters. The summed E-state index contributed by atoms with van der Waals surface area (Å²) in [6, 6.07) is 13.4. The van der Waals surface area contributed by atoms with Crippen LogP contribution in [-0.2, 0) is 21.2 Å². The summed E-state index contributed by atoms with van der Waals surface area (Å²) in [5.41, 5.74) is 0.923. The number of hydrogen-bond acceptors (Lipinski definition) is 4. The van der Waals surface area contributed by atoms with Gasteiger partial charge in [-0.3, -0.25) is 4.79 Å². The quantitative estimate of drug-likeness (QED) is 0.635. The van der Waals surface area contributed by atoms with Gasteiger partial charge in [0.2, 0.25) is 10.0 Å². The largest absolute Gasteiger partial charge is 0.379 e. The summed E-state index contributed by atoms with van der Waals surface area (Å²) in [6.45, 7) is 1.60. The molecule has 1 amide bonds. The summed E-state index contributed by atoms with van der Waals surface area (Å²) in [5.74, 6) is -1.14. The maximum absolute atomic E-state index is 14.8. The van der Waals surface area contributed by atoms with Gasteiger partial charge in [0.25, 0.3) is 5.91 Å². The molecule has 2 aliphatic rings. The van der Waals surface area contributed by atoms with Crippen LogP contribution in [-0.4, -0.2) is 62.4 Å². The Labute approximate surface area is 189 Å². The lowest BCUT2D eigenvalue weighted by Crippen LogP contribution is -2.41. The van der Waals surface area contributed by atoms with Crippen LogP contribution in [0, 0.1) is 5.82 Å². The molecular weight excluding hydrogens is 431 g/mol. The minimum Gasteiger partial charge on any atom is -0.379 e. The van der Waals surface area contributed by atoms with E-state index in [0.29, 0.717) is 26.2 Å². The van der Waals surface area contributed by atoms with E-state index in [1.165, 1.54) is 16.4 Å². The van der Waals surface area contributed by atoms with Crippen LogP contribution in [0.25, 0.3) is 0 Å². The molecule has 0 radical (unpaired) electrons. The van der Waals surface area contributed by atoms with E-state index in [9.17, 15) is 17.6 Å². The first-order valence-corrected chi connectivity index (χ1v) is 12.6. The number of nitrogens with zero attached hydrogens (tertiary/aromatic N) is 2. The lowest BCUT2D eigenvalue weighted by Gasteiger charge is -2.30. The molecule has 1 saturated carbocycles. The Morgan fingerprint density at radius 2 is 1.75 bits per heavy atom. The standard InChI is InChI=1S/C24H29FN2O4S/c25-23-11-10-21(32(29,30)26-14-16-31-17-15-26)18-22(23)24(28)27(20-8-4-5-9-20)13-12-19-6-2-1-3-7-19/h1-3,6-7,10-11,18,20H,4-5,8-9,12-17H2. The second-order valence-corrected chi connectivity index (χ2v) is 10.3. The Morgan fingerprint density at radius 1 is 1.06 bits per heavy atom. The van der Waals surface area contributed by atoms with Crippen LogP contribution in [0.15, 0.2) is 53.4 Å². The molecule has 1 heterocycles. The van der Waals surface area contributed by atoms with Gasteiger partial charge in [-0.05, 0) is 43.0 Å².